The quantitative estimate of drug-likeness (QED) is 0.616. The molecule has 1 aromatic heterocycles. The monoisotopic (exact) mass is 273 g/mol. The number of benzene rings is 1. The van der Waals surface area contributed by atoms with Gasteiger partial charge in [0, 0.05) is 22.3 Å². The fraction of sp³-hybridized carbons (Fsp3) is 0.200. The zero-order valence-electron chi connectivity index (χ0n) is 10.9. The molecule has 4 heteroatoms. The lowest BCUT2D eigenvalue weighted by molar-refractivity contribution is 0.101. The van der Waals surface area contributed by atoms with Gasteiger partial charge in [0.25, 0.3) is 0 Å². The Balaban J connectivity index is 1.99. The third-order valence-corrected chi connectivity index (χ3v) is 3.68. The molecule has 19 heavy (non-hydrogen) atoms. The van der Waals surface area contributed by atoms with E-state index in [4.69, 9.17) is 4.74 Å². The highest BCUT2D eigenvalue weighted by Crippen LogP contribution is 2.23. The molecule has 0 saturated carbocycles. The van der Waals surface area contributed by atoms with Crippen LogP contribution in [0.3, 0.4) is 0 Å². The van der Waals surface area contributed by atoms with E-state index in [1.807, 2.05) is 42.5 Å². The van der Waals surface area contributed by atoms with Crippen molar-refractivity contribution in [1.29, 1.82) is 0 Å². The van der Waals surface area contributed by atoms with Gasteiger partial charge < -0.3 is 4.74 Å². The number of nitrogens with zero attached hydrogens (tertiary/aromatic N) is 1. The largest absolute Gasteiger partial charge is 0.481 e. The number of methoxy groups -OCH3 is 1. The van der Waals surface area contributed by atoms with Gasteiger partial charge in [-0.05, 0) is 25.1 Å². The number of aromatic nitrogens is 1. The summed E-state index contributed by atoms with van der Waals surface area (Å²) in [5.41, 5.74) is 1.71. The van der Waals surface area contributed by atoms with Gasteiger partial charge in [-0.3, -0.25) is 4.79 Å². The summed E-state index contributed by atoms with van der Waals surface area (Å²) in [6.07, 6.45) is 0. The van der Waals surface area contributed by atoms with Crippen LogP contribution in [0, 0.1) is 0 Å². The van der Waals surface area contributed by atoms with Crippen molar-refractivity contribution in [2.45, 2.75) is 17.6 Å². The van der Waals surface area contributed by atoms with E-state index in [2.05, 4.69) is 4.98 Å². The van der Waals surface area contributed by atoms with Gasteiger partial charge in [-0.2, -0.15) is 0 Å². The Hall–Kier alpha value is -1.81. The van der Waals surface area contributed by atoms with Crippen molar-refractivity contribution in [3.8, 4) is 5.88 Å². The molecule has 0 aliphatic rings. The Kier molecular flexibility index (Phi) is 4.58. The van der Waals surface area contributed by atoms with Crippen molar-refractivity contribution >= 4 is 17.5 Å². The topological polar surface area (TPSA) is 39.2 Å². The molecule has 0 aliphatic heterocycles. The van der Waals surface area contributed by atoms with Gasteiger partial charge in [-0.15, -0.1) is 11.8 Å². The first-order valence-corrected chi connectivity index (χ1v) is 6.91. The van der Waals surface area contributed by atoms with Gasteiger partial charge in [0.1, 0.15) is 0 Å². The highest BCUT2D eigenvalue weighted by atomic mass is 32.2. The van der Waals surface area contributed by atoms with Crippen LogP contribution in [-0.2, 0) is 5.75 Å². The minimum absolute atomic E-state index is 0.0889. The van der Waals surface area contributed by atoms with Crippen LogP contribution < -0.4 is 4.74 Å². The molecule has 0 saturated heterocycles. The van der Waals surface area contributed by atoms with Crippen LogP contribution >= 0.6 is 11.8 Å². The highest BCUT2D eigenvalue weighted by molar-refractivity contribution is 7.98. The summed E-state index contributed by atoms with van der Waals surface area (Å²) in [4.78, 5) is 16.7. The lowest BCUT2D eigenvalue weighted by atomic mass is 10.2. The number of ether oxygens (including phenoxy) is 1. The smallest absolute Gasteiger partial charge is 0.213 e. The minimum Gasteiger partial charge on any atom is -0.481 e. The number of thioether (sulfide) groups is 1. The summed E-state index contributed by atoms with van der Waals surface area (Å²) >= 11 is 1.68. The molecule has 0 spiro atoms. The van der Waals surface area contributed by atoms with Crippen LogP contribution in [0.5, 0.6) is 5.88 Å². The van der Waals surface area contributed by atoms with Crippen molar-refractivity contribution < 1.29 is 9.53 Å². The Morgan fingerprint density at radius 2 is 1.95 bits per heavy atom. The van der Waals surface area contributed by atoms with Crippen LogP contribution in [0.1, 0.15) is 23.0 Å². The average molecular weight is 273 g/mol. The zero-order chi connectivity index (χ0) is 13.7. The third-order valence-electron chi connectivity index (χ3n) is 2.64. The molecular weight excluding hydrogens is 258 g/mol. The molecule has 0 amide bonds. The minimum atomic E-state index is 0.0889. The van der Waals surface area contributed by atoms with E-state index in [9.17, 15) is 4.79 Å². The Bertz CT molecular complexity index is 567. The average Bonchev–Trinajstić information content (AvgIpc) is 2.46. The van der Waals surface area contributed by atoms with E-state index in [0.717, 1.165) is 21.9 Å². The van der Waals surface area contributed by atoms with Gasteiger partial charge in [-0.1, -0.05) is 18.2 Å². The Morgan fingerprint density at radius 1 is 1.21 bits per heavy atom. The van der Waals surface area contributed by atoms with Crippen molar-refractivity contribution in [2.24, 2.45) is 0 Å². The summed E-state index contributed by atoms with van der Waals surface area (Å²) in [5, 5.41) is 0. The molecular formula is C15H15NO2S. The van der Waals surface area contributed by atoms with Crippen LogP contribution in [-0.4, -0.2) is 17.9 Å². The van der Waals surface area contributed by atoms with Crippen LogP contribution in [0.15, 0.2) is 47.4 Å². The van der Waals surface area contributed by atoms with Crippen molar-refractivity contribution in [3.63, 3.8) is 0 Å². The first-order chi connectivity index (χ1) is 9.19. The number of Topliss-reactive ketones (excluding diaryl/α,β-unsaturated/α-hetero) is 1. The second-order valence-electron chi connectivity index (χ2n) is 4.04. The summed E-state index contributed by atoms with van der Waals surface area (Å²) in [5.74, 6) is 1.49. The number of hydrogen-bond acceptors (Lipinski definition) is 4. The molecule has 0 aliphatic carbocycles. The molecule has 0 unspecified atom stereocenters. The highest BCUT2D eigenvalue weighted by Gasteiger charge is 2.02. The Morgan fingerprint density at radius 3 is 2.58 bits per heavy atom. The van der Waals surface area contributed by atoms with Gasteiger partial charge >= 0.3 is 0 Å². The van der Waals surface area contributed by atoms with E-state index < -0.39 is 0 Å². The maximum Gasteiger partial charge on any atom is 0.213 e. The first-order valence-electron chi connectivity index (χ1n) is 5.93. The van der Waals surface area contributed by atoms with Crippen molar-refractivity contribution in [1.82, 2.24) is 4.98 Å². The predicted octanol–water partition coefficient (Wildman–Crippen LogP) is 3.59. The SMILES string of the molecule is COc1cccc(CSc2ccc(C(C)=O)cc2)n1. The van der Waals surface area contributed by atoms with Crippen molar-refractivity contribution in [2.75, 3.05) is 7.11 Å². The van der Waals surface area contributed by atoms with Crippen LogP contribution in [0.25, 0.3) is 0 Å². The fourth-order valence-electron chi connectivity index (χ4n) is 1.59. The maximum absolute atomic E-state index is 11.2. The Labute approximate surface area is 117 Å². The number of carbonyl (C=O) groups is 1. The molecule has 0 bridgehead atoms. The normalized spacial score (nSPS) is 10.2. The molecule has 2 rings (SSSR count). The lowest BCUT2D eigenvalue weighted by Crippen LogP contribution is -1.92. The molecule has 0 fully saturated rings. The van der Waals surface area contributed by atoms with Gasteiger partial charge in [-0.25, -0.2) is 4.98 Å². The summed E-state index contributed by atoms with van der Waals surface area (Å²) in [6.45, 7) is 1.57. The van der Waals surface area contributed by atoms with E-state index >= 15 is 0 Å². The molecule has 1 aromatic carbocycles. The van der Waals surface area contributed by atoms with E-state index in [0.29, 0.717) is 5.88 Å². The van der Waals surface area contributed by atoms with Crippen LogP contribution in [0.2, 0.25) is 0 Å². The second kappa shape index (κ2) is 6.38. The van der Waals surface area contributed by atoms with E-state index in [1.165, 1.54) is 0 Å². The molecule has 1 heterocycles. The zero-order valence-corrected chi connectivity index (χ0v) is 11.7. The van der Waals surface area contributed by atoms with E-state index in [1.54, 1.807) is 25.8 Å². The van der Waals surface area contributed by atoms with Crippen LogP contribution in [0.4, 0.5) is 0 Å². The number of rotatable bonds is 5. The lowest BCUT2D eigenvalue weighted by Gasteiger charge is -2.04. The van der Waals surface area contributed by atoms with Crippen molar-refractivity contribution in [3.05, 3.63) is 53.7 Å². The summed E-state index contributed by atoms with van der Waals surface area (Å²) in [7, 11) is 1.61. The summed E-state index contributed by atoms with van der Waals surface area (Å²) < 4.78 is 5.09. The third kappa shape index (κ3) is 3.83. The molecule has 0 atom stereocenters. The maximum atomic E-state index is 11.2. The van der Waals surface area contributed by atoms with Gasteiger partial charge in [0.2, 0.25) is 5.88 Å². The molecule has 98 valence electrons. The first kappa shape index (κ1) is 13.6. The van der Waals surface area contributed by atoms with Gasteiger partial charge in [0.05, 0.1) is 12.8 Å². The van der Waals surface area contributed by atoms with Gasteiger partial charge in [0.15, 0.2) is 5.78 Å². The number of hydrogen-bond donors (Lipinski definition) is 0. The number of pyridine rings is 1. The summed E-state index contributed by atoms with van der Waals surface area (Å²) in [6, 6.07) is 13.4. The molecule has 0 N–H and O–H groups in total. The number of carbonyl (C=O) groups excluding carboxylic acids is 1. The number of ketones is 1. The molecule has 0 radical (unpaired) electrons. The molecule has 3 nitrogen and oxygen atoms in total. The second-order valence-corrected chi connectivity index (χ2v) is 5.09. The van der Waals surface area contributed by atoms with E-state index in [-0.39, 0.29) is 5.78 Å². The fourth-order valence-corrected chi connectivity index (χ4v) is 2.40. The predicted molar refractivity (Wildman–Crippen MR) is 76.8 cm³/mol. The molecule has 2 aromatic rings. The standard InChI is InChI=1S/C15H15NO2S/c1-11(17)12-6-8-14(9-7-12)19-10-13-4-3-5-15(16-13)18-2/h3-9H,10H2,1-2H3.